The van der Waals surface area contributed by atoms with Crippen LogP contribution in [0.15, 0.2) is 60.7 Å². The Labute approximate surface area is 180 Å². The monoisotopic (exact) mass is 412 g/mol. The van der Waals surface area contributed by atoms with Crippen molar-refractivity contribution < 1.29 is 9.90 Å². The lowest BCUT2D eigenvalue weighted by Crippen LogP contribution is -2.36. The third-order valence-corrected chi connectivity index (χ3v) is 6.24. The maximum absolute atomic E-state index is 11.8. The van der Waals surface area contributed by atoms with Gasteiger partial charge in [-0.25, -0.2) is 14.5 Å². The summed E-state index contributed by atoms with van der Waals surface area (Å²) in [6.45, 7) is 1.94. The van der Waals surface area contributed by atoms with E-state index in [1.54, 1.807) is 10.7 Å². The van der Waals surface area contributed by atoms with Crippen molar-refractivity contribution in [2.45, 2.75) is 32.2 Å². The highest BCUT2D eigenvalue weighted by molar-refractivity contribution is 6.00. The normalized spacial score (nSPS) is 13.9. The largest absolute Gasteiger partial charge is 0.477 e. The van der Waals surface area contributed by atoms with Gasteiger partial charge in [-0.1, -0.05) is 30.3 Å². The van der Waals surface area contributed by atoms with Crippen molar-refractivity contribution in [1.29, 1.82) is 0 Å². The molecule has 5 rings (SSSR count). The number of aromatic carboxylic acids is 1. The lowest BCUT2D eigenvalue weighted by atomic mass is 9.91. The molecule has 1 N–H and O–H groups in total. The van der Waals surface area contributed by atoms with Crippen molar-refractivity contribution in [3.05, 3.63) is 72.1 Å². The highest BCUT2D eigenvalue weighted by atomic mass is 16.4. The summed E-state index contributed by atoms with van der Waals surface area (Å²) in [4.78, 5) is 18.6. The molecule has 6 nitrogen and oxygen atoms in total. The zero-order valence-electron chi connectivity index (χ0n) is 17.6. The number of fused-ring (bicyclic) bond motifs is 1. The van der Waals surface area contributed by atoms with Crippen molar-refractivity contribution >= 4 is 22.7 Å². The number of para-hydroxylation sites is 1. The Morgan fingerprint density at radius 1 is 1.10 bits per heavy atom. The molecule has 1 saturated carbocycles. The number of benzene rings is 2. The molecular weight excluding hydrogens is 388 g/mol. The van der Waals surface area contributed by atoms with E-state index in [0.717, 1.165) is 27.9 Å². The summed E-state index contributed by atoms with van der Waals surface area (Å²) in [5.41, 5.74) is 5.18. The third-order valence-electron chi connectivity index (χ3n) is 6.24. The molecule has 4 aromatic rings. The van der Waals surface area contributed by atoms with E-state index in [4.69, 9.17) is 0 Å². The first-order valence-corrected chi connectivity index (χ1v) is 10.6. The van der Waals surface area contributed by atoms with Gasteiger partial charge < -0.3 is 10.0 Å². The summed E-state index contributed by atoms with van der Waals surface area (Å²) < 4.78 is 1.72. The second-order valence-electron chi connectivity index (χ2n) is 8.13. The molecule has 1 aliphatic carbocycles. The van der Waals surface area contributed by atoms with Crippen LogP contribution in [0.25, 0.3) is 27.8 Å². The van der Waals surface area contributed by atoms with E-state index in [2.05, 4.69) is 46.3 Å². The summed E-state index contributed by atoms with van der Waals surface area (Å²) in [7, 11) is 2.14. The van der Waals surface area contributed by atoms with E-state index in [1.807, 2.05) is 37.3 Å². The van der Waals surface area contributed by atoms with Gasteiger partial charge in [0.15, 0.2) is 11.3 Å². The molecule has 6 heteroatoms. The molecule has 2 aromatic carbocycles. The van der Waals surface area contributed by atoms with Crippen LogP contribution < -0.4 is 4.90 Å². The fraction of sp³-hybridized carbons (Fsp3) is 0.240. The van der Waals surface area contributed by atoms with Crippen molar-refractivity contribution in [3.63, 3.8) is 0 Å². The van der Waals surface area contributed by atoms with Gasteiger partial charge in [-0.3, -0.25) is 0 Å². The van der Waals surface area contributed by atoms with Crippen LogP contribution in [0.4, 0.5) is 5.69 Å². The van der Waals surface area contributed by atoms with Gasteiger partial charge in [0.25, 0.3) is 0 Å². The quantitative estimate of drug-likeness (QED) is 0.495. The van der Waals surface area contributed by atoms with E-state index in [9.17, 15) is 9.90 Å². The third kappa shape index (κ3) is 3.34. The fourth-order valence-electron chi connectivity index (χ4n) is 4.24. The van der Waals surface area contributed by atoms with E-state index in [0.29, 0.717) is 11.7 Å². The Balaban J connectivity index is 1.66. The first-order chi connectivity index (χ1) is 15.0. The van der Waals surface area contributed by atoms with E-state index < -0.39 is 5.97 Å². The van der Waals surface area contributed by atoms with Crippen LogP contribution in [0.3, 0.4) is 0 Å². The van der Waals surface area contributed by atoms with Crippen LogP contribution in [0.2, 0.25) is 0 Å². The van der Waals surface area contributed by atoms with Crippen LogP contribution in [-0.4, -0.2) is 38.9 Å². The molecule has 2 heterocycles. The van der Waals surface area contributed by atoms with Crippen LogP contribution in [-0.2, 0) is 0 Å². The molecule has 1 fully saturated rings. The lowest BCUT2D eigenvalue weighted by molar-refractivity contribution is 0.0691. The summed E-state index contributed by atoms with van der Waals surface area (Å²) >= 11 is 0. The number of aryl methyl sites for hydroxylation is 1. The highest BCUT2D eigenvalue weighted by Gasteiger charge is 2.23. The maximum Gasteiger partial charge on any atom is 0.354 e. The summed E-state index contributed by atoms with van der Waals surface area (Å²) in [6.07, 6.45) is 3.77. The predicted octanol–water partition coefficient (Wildman–Crippen LogP) is 5.08. The SMILES string of the molecule is Cc1nn(-c2ccccc2)c2nc(C(=O)O)cc(-c3ccc(N(C)C4CCC4)cc3)c12. The van der Waals surface area contributed by atoms with Gasteiger partial charge in [0.05, 0.1) is 16.8 Å². The molecule has 0 saturated heterocycles. The number of carbonyl (C=O) groups is 1. The van der Waals surface area contributed by atoms with Crippen LogP contribution in [0, 0.1) is 6.92 Å². The van der Waals surface area contributed by atoms with Gasteiger partial charge in [-0.05, 0) is 67.6 Å². The molecule has 0 amide bonds. The molecule has 0 spiro atoms. The molecule has 0 bridgehead atoms. The number of hydrogen-bond donors (Lipinski definition) is 1. The van der Waals surface area contributed by atoms with E-state index in [1.165, 1.54) is 24.9 Å². The van der Waals surface area contributed by atoms with Crippen LogP contribution in [0.1, 0.15) is 35.4 Å². The van der Waals surface area contributed by atoms with Gasteiger partial charge in [0, 0.05) is 18.8 Å². The first kappa shape index (κ1) is 19.3. The molecule has 2 aromatic heterocycles. The minimum absolute atomic E-state index is 0.00948. The molecule has 1 aliphatic rings. The number of carboxylic acids is 1. The predicted molar refractivity (Wildman–Crippen MR) is 122 cm³/mol. The Morgan fingerprint density at radius 3 is 2.42 bits per heavy atom. The molecule has 0 radical (unpaired) electrons. The number of pyridine rings is 1. The van der Waals surface area contributed by atoms with Gasteiger partial charge >= 0.3 is 5.97 Å². The van der Waals surface area contributed by atoms with Crippen molar-refractivity contribution in [1.82, 2.24) is 14.8 Å². The number of anilines is 1. The summed E-state index contributed by atoms with van der Waals surface area (Å²) in [5, 5.41) is 15.3. The van der Waals surface area contributed by atoms with Crippen molar-refractivity contribution in [2.24, 2.45) is 0 Å². The average Bonchev–Trinajstić information content (AvgIpc) is 3.09. The van der Waals surface area contributed by atoms with E-state index in [-0.39, 0.29) is 5.69 Å². The van der Waals surface area contributed by atoms with Crippen molar-refractivity contribution in [3.8, 4) is 16.8 Å². The fourth-order valence-corrected chi connectivity index (χ4v) is 4.24. The first-order valence-electron chi connectivity index (χ1n) is 10.6. The van der Waals surface area contributed by atoms with Gasteiger partial charge in [-0.2, -0.15) is 5.10 Å². The zero-order valence-corrected chi connectivity index (χ0v) is 17.6. The molecular formula is C25H24N4O2. The Hall–Kier alpha value is -3.67. The average molecular weight is 412 g/mol. The van der Waals surface area contributed by atoms with Crippen molar-refractivity contribution in [2.75, 3.05) is 11.9 Å². The zero-order chi connectivity index (χ0) is 21.5. The number of aromatic nitrogens is 3. The van der Waals surface area contributed by atoms with Crippen LogP contribution in [0.5, 0.6) is 0 Å². The molecule has 0 atom stereocenters. The number of rotatable bonds is 5. The van der Waals surface area contributed by atoms with Gasteiger partial charge in [-0.15, -0.1) is 0 Å². The minimum Gasteiger partial charge on any atom is -0.477 e. The van der Waals surface area contributed by atoms with Gasteiger partial charge in [0.2, 0.25) is 0 Å². The molecule has 0 aliphatic heterocycles. The lowest BCUT2D eigenvalue weighted by Gasteiger charge is -2.36. The standard InChI is InChI=1S/C25H24N4O2/c1-16-23-21(17-11-13-19(14-12-17)28(2)18-9-6-10-18)15-22(25(30)31)26-24(23)29(27-16)20-7-4-3-5-8-20/h3-5,7-8,11-15,18H,6,9-10H2,1-2H3,(H,30,31). The number of hydrogen-bond acceptors (Lipinski definition) is 4. The van der Waals surface area contributed by atoms with Crippen LogP contribution >= 0.6 is 0 Å². The second kappa shape index (κ2) is 7.54. The molecule has 156 valence electrons. The Kier molecular flexibility index (Phi) is 4.70. The highest BCUT2D eigenvalue weighted by Crippen LogP contribution is 2.34. The minimum atomic E-state index is -1.05. The molecule has 0 unspecified atom stereocenters. The smallest absolute Gasteiger partial charge is 0.354 e. The Morgan fingerprint density at radius 2 is 1.81 bits per heavy atom. The number of carboxylic acid groups (broad SMARTS) is 1. The topological polar surface area (TPSA) is 71.2 Å². The summed E-state index contributed by atoms with van der Waals surface area (Å²) in [6, 6.07) is 20.3. The van der Waals surface area contributed by atoms with Gasteiger partial charge in [0.1, 0.15) is 0 Å². The maximum atomic E-state index is 11.8. The number of nitrogens with zero attached hydrogens (tertiary/aromatic N) is 4. The summed E-state index contributed by atoms with van der Waals surface area (Å²) in [5.74, 6) is -1.05. The van der Waals surface area contributed by atoms with E-state index >= 15 is 0 Å². The second-order valence-corrected chi connectivity index (χ2v) is 8.13. The Bertz CT molecular complexity index is 1260. The molecule has 31 heavy (non-hydrogen) atoms.